The minimum atomic E-state index is -0.847. The lowest BCUT2D eigenvalue weighted by atomic mass is 10.1. The lowest BCUT2D eigenvalue weighted by Gasteiger charge is -2.34. The van der Waals surface area contributed by atoms with Crippen LogP contribution < -0.4 is 4.74 Å². The number of hydrogen-bond donors (Lipinski definition) is 0. The average Bonchev–Trinajstić information content (AvgIpc) is 3.25. The van der Waals surface area contributed by atoms with Gasteiger partial charge < -0.3 is 9.64 Å². The predicted octanol–water partition coefficient (Wildman–Crippen LogP) is 3.81. The standard InChI is InChI=1S/C22H21ClF2N4O2/c23-17-5-1-2-7-20(17)31-15-29-9-8-19(26-29)22(30)28-12-10-27(11-13-28)14-16-4-3-6-18(24)21(16)25/h1-9H,10-15H2. The summed E-state index contributed by atoms with van der Waals surface area (Å²) in [6, 6.07) is 13.0. The summed E-state index contributed by atoms with van der Waals surface area (Å²) in [6.07, 6.45) is 1.67. The molecule has 0 atom stereocenters. The summed E-state index contributed by atoms with van der Waals surface area (Å²) in [5.41, 5.74) is 0.643. The number of halogens is 3. The fourth-order valence-electron chi connectivity index (χ4n) is 3.43. The Balaban J connectivity index is 1.30. The minimum absolute atomic E-state index is 0.129. The van der Waals surface area contributed by atoms with Gasteiger partial charge in [-0.2, -0.15) is 5.10 Å². The molecule has 3 aromatic rings. The third-order valence-electron chi connectivity index (χ3n) is 5.13. The summed E-state index contributed by atoms with van der Waals surface area (Å²) in [6.45, 7) is 2.54. The molecule has 9 heteroatoms. The van der Waals surface area contributed by atoms with E-state index in [1.54, 1.807) is 35.4 Å². The quantitative estimate of drug-likeness (QED) is 0.578. The lowest BCUT2D eigenvalue weighted by molar-refractivity contribution is 0.0619. The van der Waals surface area contributed by atoms with Crippen molar-refractivity contribution in [1.29, 1.82) is 0 Å². The Morgan fingerprint density at radius 1 is 1.03 bits per heavy atom. The molecule has 1 aliphatic heterocycles. The van der Waals surface area contributed by atoms with Crippen LogP contribution >= 0.6 is 11.6 Å². The second-order valence-electron chi connectivity index (χ2n) is 7.23. The van der Waals surface area contributed by atoms with Crippen molar-refractivity contribution in [2.45, 2.75) is 13.3 Å². The number of carbonyl (C=O) groups is 1. The van der Waals surface area contributed by atoms with Gasteiger partial charge in [0.15, 0.2) is 24.1 Å². The zero-order valence-electron chi connectivity index (χ0n) is 16.7. The molecule has 6 nitrogen and oxygen atoms in total. The average molecular weight is 447 g/mol. The number of piperazine rings is 1. The van der Waals surface area contributed by atoms with Gasteiger partial charge in [-0.15, -0.1) is 0 Å². The van der Waals surface area contributed by atoms with E-state index in [-0.39, 0.29) is 12.6 Å². The van der Waals surface area contributed by atoms with Crippen LogP contribution in [0.4, 0.5) is 8.78 Å². The van der Waals surface area contributed by atoms with Crippen molar-refractivity contribution in [2.24, 2.45) is 0 Å². The molecule has 2 aromatic carbocycles. The molecule has 2 heterocycles. The molecule has 0 N–H and O–H groups in total. The van der Waals surface area contributed by atoms with Crippen LogP contribution in [0, 0.1) is 11.6 Å². The van der Waals surface area contributed by atoms with E-state index in [0.29, 0.717) is 54.8 Å². The van der Waals surface area contributed by atoms with Gasteiger partial charge in [0, 0.05) is 44.5 Å². The van der Waals surface area contributed by atoms with Gasteiger partial charge in [0.05, 0.1) is 5.02 Å². The molecule has 31 heavy (non-hydrogen) atoms. The maximum atomic E-state index is 13.9. The van der Waals surface area contributed by atoms with Gasteiger partial charge in [0.2, 0.25) is 0 Å². The fourth-order valence-corrected chi connectivity index (χ4v) is 3.62. The molecule has 1 amide bonds. The predicted molar refractivity (Wildman–Crippen MR) is 112 cm³/mol. The van der Waals surface area contributed by atoms with Crippen LogP contribution in [-0.4, -0.2) is 51.7 Å². The third-order valence-corrected chi connectivity index (χ3v) is 5.45. The van der Waals surface area contributed by atoms with E-state index in [4.69, 9.17) is 16.3 Å². The Kier molecular flexibility index (Phi) is 6.48. The summed E-state index contributed by atoms with van der Waals surface area (Å²) < 4.78 is 34.4. The highest BCUT2D eigenvalue weighted by atomic mass is 35.5. The minimum Gasteiger partial charge on any atom is -0.470 e. The molecule has 4 rings (SSSR count). The Morgan fingerprint density at radius 3 is 2.58 bits per heavy atom. The van der Waals surface area contributed by atoms with E-state index in [9.17, 15) is 13.6 Å². The molecular weight excluding hydrogens is 426 g/mol. The Bertz CT molecular complexity index is 1070. The molecule has 0 spiro atoms. The summed E-state index contributed by atoms with van der Waals surface area (Å²) >= 11 is 6.07. The normalized spacial score (nSPS) is 14.6. The van der Waals surface area contributed by atoms with Crippen LogP contribution in [0.1, 0.15) is 16.1 Å². The van der Waals surface area contributed by atoms with Gasteiger partial charge in [-0.05, 0) is 24.3 Å². The van der Waals surface area contributed by atoms with Gasteiger partial charge in [-0.25, -0.2) is 13.5 Å². The van der Waals surface area contributed by atoms with Gasteiger partial charge in [-0.3, -0.25) is 9.69 Å². The van der Waals surface area contributed by atoms with E-state index in [0.717, 1.165) is 6.07 Å². The number of rotatable bonds is 6. The second kappa shape index (κ2) is 9.45. The smallest absolute Gasteiger partial charge is 0.274 e. The van der Waals surface area contributed by atoms with E-state index in [1.807, 2.05) is 17.0 Å². The van der Waals surface area contributed by atoms with Gasteiger partial charge >= 0.3 is 0 Å². The highest BCUT2D eigenvalue weighted by molar-refractivity contribution is 6.32. The summed E-state index contributed by atoms with van der Waals surface area (Å²) in [4.78, 5) is 16.5. The van der Waals surface area contributed by atoms with E-state index >= 15 is 0 Å². The number of hydrogen-bond acceptors (Lipinski definition) is 4. The molecule has 0 unspecified atom stereocenters. The largest absolute Gasteiger partial charge is 0.470 e. The van der Waals surface area contributed by atoms with Gasteiger partial charge in [0.25, 0.3) is 5.91 Å². The number of carbonyl (C=O) groups excluding carboxylic acids is 1. The van der Waals surface area contributed by atoms with Gasteiger partial charge in [0.1, 0.15) is 5.75 Å². The first-order valence-corrected chi connectivity index (χ1v) is 10.2. The molecule has 0 bridgehead atoms. The fraction of sp³-hybridized carbons (Fsp3) is 0.273. The maximum absolute atomic E-state index is 13.9. The van der Waals surface area contributed by atoms with E-state index in [1.165, 1.54) is 10.7 Å². The number of aromatic nitrogens is 2. The highest BCUT2D eigenvalue weighted by Crippen LogP contribution is 2.23. The Morgan fingerprint density at radius 2 is 1.81 bits per heavy atom. The van der Waals surface area contributed by atoms with Crippen LogP contribution in [0.5, 0.6) is 5.75 Å². The first kappa shape index (κ1) is 21.3. The van der Waals surface area contributed by atoms with Crippen molar-refractivity contribution in [1.82, 2.24) is 19.6 Å². The zero-order valence-corrected chi connectivity index (χ0v) is 17.4. The van der Waals surface area contributed by atoms with E-state index < -0.39 is 11.6 Å². The third kappa shape index (κ3) is 5.03. The molecule has 1 aliphatic rings. The van der Waals surface area contributed by atoms with Crippen LogP contribution in [0.25, 0.3) is 0 Å². The van der Waals surface area contributed by atoms with Crippen LogP contribution in [0.3, 0.4) is 0 Å². The monoisotopic (exact) mass is 446 g/mol. The van der Waals surface area contributed by atoms with E-state index in [2.05, 4.69) is 5.10 Å². The van der Waals surface area contributed by atoms with Crippen LogP contribution in [0.15, 0.2) is 54.7 Å². The number of ether oxygens (including phenoxy) is 1. The molecule has 162 valence electrons. The van der Waals surface area contributed by atoms with Crippen molar-refractivity contribution in [3.63, 3.8) is 0 Å². The highest BCUT2D eigenvalue weighted by Gasteiger charge is 2.24. The Hall–Kier alpha value is -2.97. The molecular formula is C22H21ClF2N4O2. The summed E-state index contributed by atoms with van der Waals surface area (Å²) in [5, 5.41) is 4.79. The number of benzene rings is 2. The summed E-state index contributed by atoms with van der Waals surface area (Å²) in [7, 11) is 0. The topological polar surface area (TPSA) is 50.6 Å². The van der Waals surface area contributed by atoms with Crippen LogP contribution in [-0.2, 0) is 13.3 Å². The Labute approximate surface area is 183 Å². The van der Waals surface area contributed by atoms with Crippen molar-refractivity contribution < 1.29 is 18.3 Å². The molecule has 1 aromatic heterocycles. The first-order chi connectivity index (χ1) is 15.0. The van der Waals surface area contributed by atoms with Gasteiger partial charge in [-0.1, -0.05) is 35.9 Å². The zero-order chi connectivity index (χ0) is 21.8. The number of para-hydroxylation sites is 1. The molecule has 0 radical (unpaired) electrons. The number of nitrogens with zero attached hydrogens (tertiary/aromatic N) is 4. The SMILES string of the molecule is O=C(c1ccn(COc2ccccc2Cl)n1)N1CCN(Cc2cccc(F)c2F)CC1. The molecule has 1 saturated heterocycles. The van der Waals surface area contributed by atoms with Crippen molar-refractivity contribution in [3.05, 3.63) is 82.6 Å². The van der Waals surface area contributed by atoms with Crippen LogP contribution in [0.2, 0.25) is 5.02 Å². The lowest BCUT2D eigenvalue weighted by Crippen LogP contribution is -2.48. The summed E-state index contributed by atoms with van der Waals surface area (Å²) in [5.74, 6) is -1.29. The van der Waals surface area contributed by atoms with Crippen molar-refractivity contribution >= 4 is 17.5 Å². The number of amides is 1. The first-order valence-electron chi connectivity index (χ1n) is 9.86. The van der Waals surface area contributed by atoms with Crippen molar-refractivity contribution in [2.75, 3.05) is 26.2 Å². The molecule has 0 saturated carbocycles. The second-order valence-corrected chi connectivity index (χ2v) is 7.63. The molecule has 0 aliphatic carbocycles. The van der Waals surface area contributed by atoms with Crippen molar-refractivity contribution in [3.8, 4) is 5.75 Å². The molecule has 1 fully saturated rings. The maximum Gasteiger partial charge on any atom is 0.274 e.